The standard InChI is InChI=1S/C30H28N2O4S/c1-22(24-12-14-25(15-13-24)28-9-5-6-18-31-28)32-36-20-19-35-26-16-10-23(11-17-26)21-29(30(33)34)37-27-7-3-2-4-8-27/h2-18,29H,19-21H2,1H3,(H,33,34). The van der Waals surface area contributed by atoms with Crippen LogP contribution in [0.1, 0.15) is 18.1 Å². The molecule has 1 aromatic heterocycles. The summed E-state index contributed by atoms with van der Waals surface area (Å²) in [5, 5.41) is 13.2. The van der Waals surface area contributed by atoms with E-state index in [0.717, 1.165) is 33.0 Å². The van der Waals surface area contributed by atoms with Gasteiger partial charge in [-0.2, -0.15) is 0 Å². The van der Waals surface area contributed by atoms with Gasteiger partial charge in [-0.3, -0.25) is 9.78 Å². The second-order valence-corrected chi connectivity index (χ2v) is 9.53. The highest BCUT2D eigenvalue weighted by Gasteiger charge is 2.19. The van der Waals surface area contributed by atoms with Gasteiger partial charge in [-0.15, -0.1) is 11.8 Å². The summed E-state index contributed by atoms with van der Waals surface area (Å²) < 4.78 is 5.74. The van der Waals surface area contributed by atoms with Gasteiger partial charge in [-0.1, -0.05) is 65.8 Å². The molecule has 0 fully saturated rings. The number of rotatable bonds is 12. The maximum atomic E-state index is 11.7. The van der Waals surface area contributed by atoms with E-state index in [4.69, 9.17) is 9.57 Å². The number of ether oxygens (including phenoxy) is 1. The Morgan fingerprint density at radius 1 is 0.919 bits per heavy atom. The van der Waals surface area contributed by atoms with Crippen LogP contribution in [-0.2, 0) is 16.1 Å². The van der Waals surface area contributed by atoms with Crippen LogP contribution in [-0.4, -0.2) is 40.2 Å². The van der Waals surface area contributed by atoms with Gasteiger partial charge in [0.25, 0.3) is 0 Å². The molecule has 6 nitrogen and oxygen atoms in total. The number of pyridine rings is 1. The summed E-state index contributed by atoms with van der Waals surface area (Å²) in [6.07, 6.45) is 2.20. The first-order chi connectivity index (χ1) is 18.1. The van der Waals surface area contributed by atoms with E-state index in [1.165, 1.54) is 11.8 Å². The van der Waals surface area contributed by atoms with Crippen LogP contribution in [0.5, 0.6) is 5.75 Å². The molecule has 3 aromatic carbocycles. The Morgan fingerprint density at radius 3 is 2.32 bits per heavy atom. The van der Waals surface area contributed by atoms with Crippen molar-refractivity contribution in [1.82, 2.24) is 4.98 Å². The number of benzene rings is 3. The lowest BCUT2D eigenvalue weighted by molar-refractivity contribution is -0.136. The van der Waals surface area contributed by atoms with Crippen LogP contribution in [0.4, 0.5) is 0 Å². The Kier molecular flexibility index (Phi) is 9.32. The zero-order valence-electron chi connectivity index (χ0n) is 20.5. The highest BCUT2D eigenvalue weighted by atomic mass is 32.2. The maximum absolute atomic E-state index is 11.7. The van der Waals surface area contributed by atoms with Crippen LogP contribution in [0.25, 0.3) is 11.3 Å². The van der Waals surface area contributed by atoms with Gasteiger partial charge < -0.3 is 14.7 Å². The maximum Gasteiger partial charge on any atom is 0.317 e. The Labute approximate surface area is 221 Å². The summed E-state index contributed by atoms with van der Waals surface area (Å²) in [7, 11) is 0. The SMILES string of the molecule is CC(=NOCCOc1ccc(CC(Sc2ccccc2)C(=O)O)cc1)c1ccc(-c2ccccn2)cc1. The largest absolute Gasteiger partial charge is 0.490 e. The first kappa shape index (κ1) is 26.0. The molecule has 188 valence electrons. The molecular weight excluding hydrogens is 484 g/mol. The lowest BCUT2D eigenvalue weighted by Gasteiger charge is -2.13. The van der Waals surface area contributed by atoms with Gasteiger partial charge in [0.05, 0.1) is 11.4 Å². The van der Waals surface area contributed by atoms with Crippen LogP contribution < -0.4 is 4.74 Å². The molecule has 0 spiro atoms. The number of aromatic nitrogens is 1. The van der Waals surface area contributed by atoms with Crippen LogP contribution in [0.2, 0.25) is 0 Å². The fourth-order valence-electron chi connectivity index (χ4n) is 3.59. The summed E-state index contributed by atoms with van der Waals surface area (Å²) in [6.45, 7) is 2.55. The highest BCUT2D eigenvalue weighted by molar-refractivity contribution is 8.00. The third-order valence-electron chi connectivity index (χ3n) is 5.55. The molecule has 37 heavy (non-hydrogen) atoms. The van der Waals surface area contributed by atoms with Crippen molar-refractivity contribution in [3.8, 4) is 17.0 Å². The molecule has 7 heteroatoms. The van der Waals surface area contributed by atoms with Crippen molar-refractivity contribution < 1.29 is 19.5 Å². The van der Waals surface area contributed by atoms with Crippen LogP contribution in [0, 0.1) is 0 Å². The molecule has 0 aliphatic carbocycles. The smallest absolute Gasteiger partial charge is 0.317 e. The fourth-order valence-corrected chi connectivity index (χ4v) is 4.61. The van der Waals surface area contributed by atoms with Gasteiger partial charge in [0.15, 0.2) is 6.61 Å². The molecule has 0 saturated heterocycles. The zero-order chi connectivity index (χ0) is 25.9. The number of oxime groups is 1. The zero-order valence-corrected chi connectivity index (χ0v) is 21.3. The monoisotopic (exact) mass is 512 g/mol. The van der Waals surface area contributed by atoms with Gasteiger partial charge in [0, 0.05) is 16.7 Å². The van der Waals surface area contributed by atoms with Crippen molar-refractivity contribution in [2.75, 3.05) is 13.2 Å². The number of carboxylic acid groups (broad SMARTS) is 1. The number of nitrogens with zero attached hydrogens (tertiary/aromatic N) is 2. The molecule has 0 bridgehead atoms. The lowest BCUT2D eigenvalue weighted by atomic mass is 10.1. The van der Waals surface area contributed by atoms with Crippen molar-refractivity contribution >= 4 is 23.4 Å². The minimum atomic E-state index is -0.827. The topological polar surface area (TPSA) is 81.0 Å². The third-order valence-corrected chi connectivity index (χ3v) is 6.75. The summed E-state index contributed by atoms with van der Waals surface area (Å²) in [6, 6.07) is 30.9. The average molecular weight is 513 g/mol. The predicted octanol–water partition coefficient (Wildman–Crippen LogP) is 6.36. The van der Waals surface area contributed by atoms with Crippen LogP contribution in [0.3, 0.4) is 0 Å². The molecule has 0 radical (unpaired) electrons. The summed E-state index contributed by atoms with van der Waals surface area (Å²) in [5.74, 6) is -0.132. The number of carbonyl (C=O) groups is 1. The molecule has 1 N–H and O–H groups in total. The molecular formula is C30H28N2O4S. The van der Waals surface area contributed by atoms with E-state index in [2.05, 4.69) is 10.1 Å². The van der Waals surface area contributed by atoms with Gasteiger partial charge in [-0.05, 0) is 60.9 Å². The van der Waals surface area contributed by atoms with E-state index in [1.807, 2.05) is 104 Å². The Morgan fingerprint density at radius 2 is 1.65 bits per heavy atom. The Balaban J connectivity index is 1.21. The van der Waals surface area contributed by atoms with E-state index in [-0.39, 0.29) is 0 Å². The van der Waals surface area contributed by atoms with Crippen molar-refractivity contribution in [2.24, 2.45) is 5.16 Å². The lowest BCUT2D eigenvalue weighted by Crippen LogP contribution is -2.19. The minimum Gasteiger partial charge on any atom is -0.490 e. The van der Waals surface area contributed by atoms with E-state index < -0.39 is 11.2 Å². The summed E-state index contributed by atoms with van der Waals surface area (Å²) >= 11 is 1.35. The molecule has 4 aromatic rings. The van der Waals surface area contributed by atoms with E-state index >= 15 is 0 Å². The fraction of sp³-hybridized carbons (Fsp3) is 0.167. The van der Waals surface area contributed by atoms with Crippen molar-refractivity contribution in [2.45, 2.75) is 23.5 Å². The molecule has 0 amide bonds. The summed E-state index contributed by atoms with van der Waals surface area (Å²) in [5.41, 5.74) is 4.66. The minimum absolute atomic E-state index is 0.305. The van der Waals surface area contributed by atoms with Crippen molar-refractivity contribution in [3.63, 3.8) is 0 Å². The van der Waals surface area contributed by atoms with Gasteiger partial charge in [0.1, 0.15) is 17.6 Å². The number of hydrogen-bond acceptors (Lipinski definition) is 6. The van der Waals surface area contributed by atoms with E-state index in [1.54, 1.807) is 6.20 Å². The Hall–Kier alpha value is -4.10. The van der Waals surface area contributed by atoms with Gasteiger partial charge >= 0.3 is 5.97 Å². The predicted molar refractivity (Wildman–Crippen MR) is 147 cm³/mol. The van der Waals surface area contributed by atoms with Crippen LogP contribution in [0.15, 0.2) is 113 Å². The van der Waals surface area contributed by atoms with Gasteiger partial charge in [0.2, 0.25) is 0 Å². The molecule has 1 atom stereocenters. The first-order valence-electron chi connectivity index (χ1n) is 11.9. The number of carboxylic acids is 1. The van der Waals surface area contributed by atoms with Crippen molar-refractivity contribution in [3.05, 3.63) is 114 Å². The Bertz CT molecular complexity index is 1300. The molecule has 0 saturated carbocycles. The molecule has 1 unspecified atom stereocenters. The number of aliphatic carboxylic acids is 1. The average Bonchev–Trinajstić information content (AvgIpc) is 2.94. The molecule has 1 heterocycles. The van der Waals surface area contributed by atoms with Crippen LogP contribution >= 0.6 is 11.8 Å². The number of thioether (sulfide) groups is 1. The number of hydrogen-bond donors (Lipinski definition) is 1. The second-order valence-electron chi connectivity index (χ2n) is 8.26. The van der Waals surface area contributed by atoms with Gasteiger partial charge in [-0.25, -0.2) is 0 Å². The highest BCUT2D eigenvalue weighted by Crippen LogP contribution is 2.26. The second kappa shape index (κ2) is 13.3. The van der Waals surface area contributed by atoms with E-state index in [9.17, 15) is 9.90 Å². The first-order valence-corrected chi connectivity index (χ1v) is 12.8. The molecule has 4 rings (SSSR count). The van der Waals surface area contributed by atoms with E-state index in [0.29, 0.717) is 25.4 Å². The molecule has 0 aliphatic rings. The van der Waals surface area contributed by atoms with Crippen molar-refractivity contribution in [1.29, 1.82) is 0 Å². The quantitative estimate of drug-likeness (QED) is 0.103. The normalized spacial score (nSPS) is 12.1. The molecule has 0 aliphatic heterocycles. The third kappa shape index (κ3) is 7.95. The summed E-state index contributed by atoms with van der Waals surface area (Å²) in [4.78, 5) is 22.4.